The Morgan fingerprint density at radius 2 is 2.00 bits per heavy atom. The Bertz CT molecular complexity index is 875. The first-order valence-electron chi connectivity index (χ1n) is 6.38. The number of thiophene rings is 1. The van der Waals surface area contributed by atoms with Crippen LogP contribution in [0.3, 0.4) is 0 Å². The number of aromatic nitrogens is 1. The van der Waals surface area contributed by atoms with Gasteiger partial charge in [0.15, 0.2) is 0 Å². The van der Waals surface area contributed by atoms with Crippen LogP contribution in [0.5, 0.6) is 5.06 Å². The Morgan fingerprint density at radius 3 is 2.64 bits per heavy atom. The lowest BCUT2D eigenvalue weighted by Gasteiger charge is -2.04. The minimum absolute atomic E-state index is 0.283. The highest BCUT2D eigenvalue weighted by molar-refractivity contribution is 9.10. The largest absolute Gasteiger partial charge is 0.410 e. The van der Waals surface area contributed by atoms with E-state index >= 15 is 0 Å². The third kappa shape index (κ3) is 2.65. The smallest absolute Gasteiger partial charge is 0.397 e. The van der Waals surface area contributed by atoms with Crippen molar-refractivity contribution in [3.63, 3.8) is 0 Å². The fourth-order valence-electron chi connectivity index (χ4n) is 2.23. The number of ether oxygens (including phenoxy) is 1. The van der Waals surface area contributed by atoms with Gasteiger partial charge in [0.1, 0.15) is 4.83 Å². The number of benzene rings is 1. The van der Waals surface area contributed by atoms with Gasteiger partial charge >= 0.3 is 6.09 Å². The maximum absolute atomic E-state index is 10.9. The normalized spacial score (nSPS) is 10.8. The predicted molar refractivity (Wildman–Crippen MR) is 92.1 cm³/mol. The van der Waals surface area contributed by atoms with Crippen LogP contribution in [-0.2, 0) is 0 Å². The van der Waals surface area contributed by atoms with Crippen molar-refractivity contribution in [1.29, 1.82) is 0 Å². The number of pyridine rings is 1. The van der Waals surface area contributed by atoms with Gasteiger partial charge in [-0.2, -0.15) is 0 Å². The van der Waals surface area contributed by atoms with Gasteiger partial charge in [-0.15, -0.1) is 0 Å². The summed E-state index contributed by atoms with van der Waals surface area (Å²) in [5, 5.41) is 1.08. The highest BCUT2D eigenvalue weighted by Crippen LogP contribution is 2.41. The van der Waals surface area contributed by atoms with Gasteiger partial charge in [0.25, 0.3) is 0 Å². The second kappa shape index (κ2) is 5.58. The number of hydrogen-bond donors (Lipinski definition) is 2. The highest BCUT2D eigenvalue weighted by Gasteiger charge is 2.17. The number of anilines is 1. The molecule has 0 aliphatic heterocycles. The number of halogens is 1. The molecule has 3 aromatic rings. The molecule has 0 atom stereocenters. The first kappa shape index (κ1) is 14.8. The lowest BCUT2D eigenvalue weighted by atomic mass is 10.1. The Hall–Kier alpha value is -2.12. The fraction of sp³-hybridized carbons (Fsp3) is 0.0667. The van der Waals surface area contributed by atoms with Crippen LogP contribution in [0.2, 0.25) is 0 Å². The van der Waals surface area contributed by atoms with E-state index in [9.17, 15) is 4.79 Å². The first-order chi connectivity index (χ1) is 10.5. The van der Waals surface area contributed by atoms with Gasteiger partial charge in [0, 0.05) is 15.4 Å². The number of nitrogen functional groups attached to an aromatic ring is 1. The van der Waals surface area contributed by atoms with Crippen molar-refractivity contribution in [3.8, 4) is 16.3 Å². The molecule has 112 valence electrons. The molecule has 1 amide bonds. The zero-order chi connectivity index (χ0) is 15.9. The third-order valence-electron chi connectivity index (χ3n) is 3.20. The molecule has 0 saturated heterocycles. The summed E-state index contributed by atoms with van der Waals surface area (Å²) in [6.07, 6.45) is -0.885. The van der Waals surface area contributed by atoms with E-state index in [0.717, 1.165) is 26.7 Å². The van der Waals surface area contributed by atoms with Crippen LogP contribution in [0, 0.1) is 6.92 Å². The number of rotatable bonds is 2. The van der Waals surface area contributed by atoms with Crippen LogP contribution in [0.1, 0.15) is 5.56 Å². The molecule has 1 aromatic carbocycles. The number of aryl methyl sites for hydroxylation is 1. The molecular weight excluding hydrogens is 366 g/mol. The molecule has 5 nitrogen and oxygen atoms in total. The maximum Gasteiger partial charge on any atom is 0.410 e. The summed E-state index contributed by atoms with van der Waals surface area (Å²) in [4.78, 5) is 16.3. The van der Waals surface area contributed by atoms with Gasteiger partial charge in [-0.1, -0.05) is 39.4 Å². The molecule has 3 rings (SSSR count). The molecule has 0 aliphatic rings. The Balaban J connectivity index is 2.16. The predicted octanol–water partition coefficient (Wildman–Crippen LogP) is 4.07. The number of nitrogens with two attached hydrogens (primary N) is 2. The average molecular weight is 378 g/mol. The number of amides is 1. The number of primary amides is 1. The molecule has 4 N–H and O–H groups in total. The molecule has 0 aliphatic carbocycles. The quantitative estimate of drug-likeness (QED) is 0.703. The van der Waals surface area contributed by atoms with Crippen molar-refractivity contribution in [1.82, 2.24) is 4.98 Å². The van der Waals surface area contributed by atoms with E-state index in [1.807, 2.05) is 37.3 Å². The van der Waals surface area contributed by atoms with Crippen molar-refractivity contribution >= 4 is 49.3 Å². The number of carbonyl (C=O) groups excluding carboxylic acids is 1. The van der Waals surface area contributed by atoms with Gasteiger partial charge in [0.2, 0.25) is 5.06 Å². The van der Waals surface area contributed by atoms with E-state index in [2.05, 4.69) is 20.9 Å². The zero-order valence-electron chi connectivity index (χ0n) is 11.6. The molecule has 22 heavy (non-hydrogen) atoms. The Morgan fingerprint density at radius 1 is 1.32 bits per heavy atom. The van der Waals surface area contributed by atoms with Gasteiger partial charge in [0.05, 0.1) is 11.4 Å². The summed E-state index contributed by atoms with van der Waals surface area (Å²) in [7, 11) is 0. The second-order valence-electron chi connectivity index (χ2n) is 4.74. The van der Waals surface area contributed by atoms with E-state index in [-0.39, 0.29) is 5.06 Å². The zero-order valence-corrected chi connectivity index (χ0v) is 14.0. The molecule has 0 radical (unpaired) electrons. The first-order valence-corrected chi connectivity index (χ1v) is 7.99. The van der Waals surface area contributed by atoms with E-state index in [0.29, 0.717) is 10.5 Å². The van der Waals surface area contributed by atoms with E-state index in [1.54, 1.807) is 0 Å². The molecular formula is C15H12BrN3O2S. The number of hydrogen-bond acceptors (Lipinski definition) is 5. The monoisotopic (exact) mass is 377 g/mol. The summed E-state index contributed by atoms with van der Waals surface area (Å²) >= 11 is 4.62. The van der Waals surface area contributed by atoms with E-state index in [1.165, 1.54) is 11.3 Å². The summed E-state index contributed by atoms with van der Waals surface area (Å²) in [5.74, 6) is 0. The summed E-state index contributed by atoms with van der Waals surface area (Å²) in [5.41, 5.74) is 14.3. The highest BCUT2D eigenvalue weighted by atomic mass is 79.9. The van der Waals surface area contributed by atoms with Gasteiger partial charge in [-0.05, 0) is 30.7 Å². The molecule has 7 heteroatoms. The SMILES string of the molecule is Cc1cc(-c2ccc(Br)cc2)nc2sc(OC(N)=O)c(N)c12. The van der Waals surface area contributed by atoms with Crippen LogP contribution < -0.4 is 16.2 Å². The topological polar surface area (TPSA) is 91.2 Å². The van der Waals surface area contributed by atoms with Crippen LogP contribution in [0.4, 0.5) is 10.5 Å². The Labute approximate surface area is 139 Å². The number of carbonyl (C=O) groups is 1. The molecule has 0 spiro atoms. The molecule has 0 saturated carbocycles. The number of nitrogens with zero attached hydrogens (tertiary/aromatic N) is 1. The number of fused-ring (bicyclic) bond motifs is 1. The van der Waals surface area contributed by atoms with Gasteiger partial charge in [-0.25, -0.2) is 9.78 Å². The molecule has 2 aromatic heterocycles. The van der Waals surface area contributed by atoms with Crippen molar-refractivity contribution in [2.75, 3.05) is 5.73 Å². The summed E-state index contributed by atoms with van der Waals surface area (Å²) in [6, 6.07) is 9.84. The van der Waals surface area contributed by atoms with Crippen LogP contribution in [-0.4, -0.2) is 11.1 Å². The second-order valence-corrected chi connectivity index (χ2v) is 6.61. The minimum atomic E-state index is -0.885. The average Bonchev–Trinajstić information content (AvgIpc) is 2.75. The molecule has 2 heterocycles. The summed E-state index contributed by atoms with van der Waals surface area (Å²) < 4.78 is 5.94. The third-order valence-corrected chi connectivity index (χ3v) is 4.70. The van der Waals surface area contributed by atoms with Crippen molar-refractivity contribution in [3.05, 3.63) is 40.4 Å². The minimum Gasteiger partial charge on any atom is -0.397 e. The van der Waals surface area contributed by atoms with E-state index in [4.69, 9.17) is 16.2 Å². The van der Waals surface area contributed by atoms with Gasteiger partial charge in [-0.3, -0.25) is 0 Å². The fourth-order valence-corrected chi connectivity index (χ4v) is 3.52. The van der Waals surface area contributed by atoms with Crippen LogP contribution in [0.15, 0.2) is 34.8 Å². The lowest BCUT2D eigenvalue weighted by molar-refractivity contribution is 0.212. The standard InChI is InChI=1S/C15H12BrN3O2S/c1-7-6-10(8-2-4-9(16)5-3-8)19-13-11(7)12(17)14(22-13)21-15(18)20/h2-6H,17H2,1H3,(H2,18,20). The Kier molecular flexibility index (Phi) is 3.76. The van der Waals surface area contributed by atoms with Crippen molar-refractivity contribution < 1.29 is 9.53 Å². The van der Waals surface area contributed by atoms with Crippen molar-refractivity contribution in [2.45, 2.75) is 6.92 Å². The molecule has 0 unspecified atom stereocenters. The van der Waals surface area contributed by atoms with Crippen LogP contribution >= 0.6 is 27.3 Å². The van der Waals surface area contributed by atoms with Crippen LogP contribution in [0.25, 0.3) is 21.5 Å². The van der Waals surface area contributed by atoms with Crippen molar-refractivity contribution in [2.24, 2.45) is 5.73 Å². The van der Waals surface area contributed by atoms with Gasteiger partial charge < -0.3 is 16.2 Å². The maximum atomic E-state index is 10.9. The lowest BCUT2D eigenvalue weighted by Crippen LogP contribution is -2.16. The van der Waals surface area contributed by atoms with E-state index < -0.39 is 6.09 Å². The molecule has 0 bridgehead atoms. The molecule has 0 fully saturated rings. The summed E-state index contributed by atoms with van der Waals surface area (Å²) in [6.45, 7) is 1.95.